The Morgan fingerprint density at radius 3 is 3.06 bits per heavy atom. The number of aliphatic imine (C=N–C) groups is 1. The van der Waals surface area contributed by atoms with Crippen molar-refractivity contribution in [3.05, 3.63) is 29.8 Å². The fourth-order valence-electron chi connectivity index (χ4n) is 2.00. The third-order valence-corrected chi connectivity index (χ3v) is 2.91. The van der Waals surface area contributed by atoms with E-state index in [9.17, 15) is 0 Å². The minimum Gasteiger partial charge on any atom is -0.493 e. The van der Waals surface area contributed by atoms with Gasteiger partial charge in [-0.1, -0.05) is 32.0 Å². The quantitative estimate of drug-likeness (QED) is 0.635. The second-order valence-electron chi connectivity index (χ2n) is 4.99. The second kappa shape index (κ2) is 5.76. The van der Waals surface area contributed by atoms with Gasteiger partial charge >= 0.3 is 0 Å². The largest absolute Gasteiger partial charge is 0.493 e. The van der Waals surface area contributed by atoms with Gasteiger partial charge in [-0.25, -0.2) is 0 Å². The zero-order valence-electron chi connectivity index (χ0n) is 11.0. The van der Waals surface area contributed by atoms with E-state index in [1.54, 1.807) is 0 Å². The molecule has 0 amide bonds. The Kier molecular flexibility index (Phi) is 4.07. The molecule has 1 aromatic carbocycles. The summed E-state index contributed by atoms with van der Waals surface area (Å²) in [4.78, 5) is 4.33. The lowest BCUT2D eigenvalue weighted by atomic mass is 10.0. The van der Waals surface area contributed by atoms with Gasteiger partial charge in [0, 0.05) is 18.5 Å². The number of nitrogens with one attached hydrogen (secondary N) is 1. The summed E-state index contributed by atoms with van der Waals surface area (Å²) < 4.78 is 5.61. The Morgan fingerprint density at radius 2 is 2.28 bits per heavy atom. The molecule has 1 unspecified atom stereocenters. The van der Waals surface area contributed by atoms with Crippen molar-refractivity contribution in [3.8, 4) is 5.75 Å². The zero-order chi connectivity index (χ0) is 13.0. The number of hydrogen-bond donors (Lipinski definition) is 2. The Hall–Kier alpha value is -1.71. The van der Waals surface area contributed by atoms with Crippen molar-refractivity contribution in [2.75, 3.05) is 13.2 Å². The smallest absolute Gasteiger partial charge is 0.189 e. The van der Waals surface area contributed by atoms with Crippen LogP contribution in [-0.4, -0.2) is 19.1 Å². The molecule has 0 aliphatic carbocycles. The molecule has 1 atom stereocenters. The highest BCUT2D eigenvalue weighted by atomic mass is 16.5. The predicted molar refractivity (Wildman–Crippen MR) is 73.8 cm³/mol. The molecule has 0 aromatic heterocycles. The van der Waals surface area contributed by atoms with E-state index in [4.69, 9.17) is 10.5 Å². The number of rotatable bonds is 3. The van der Waals surface area contributed by atoms with E-state index in [1.165, 1.54) is 0 Å². The monoisotopic (exact) mass is 247 g/mol. The van der Waals surface area contributed by atoms with Crippen LogP contribution in [0.1, 0.15) is 31.9 Å². The van der Waals surface area contributed by atoms with Crippen molar-refractivity contribution in [2.24, 2.45) is 16.6 Å². The fourth-order valence-corrected chi connectivity index (χ4v) is 2.00. The molecule has 0 bridgehead atoms. The molecule has 98 valence electrons. The van der Waals surface area contributed by atoms with Crippen LogP contribution in [0.25, 0.3) is 0 Å². The van der Waals surface area contributed by atoms with Gasteiger partial charge in [-0.05, 0) is 12.0 Å². The SMILES string of the molecule is CC(C)CN=C(N)NC1CCOc2ccccc21. The zero-order valence-corrected chi connectivity index (χ0v) is 11.0. The average molecular weight is 247 g/mol. The third kappa shape index (κ3) is 3.15. The molecule has 18 heavy (non-hydrogen) atoms. The van der Waals surface area contributed by atoms with Crippen molar-refractivity contribution in [1.29, 1.82) is 0 Å². The van der Waals surface area contributed by atoms with E-state index >= 15 is 0 Å². The van der Waals surface area contributed by atoms with Gasteiger partial charge in [0.2, 0.25) is 0 Å². The Bertz CT molecular complexity index is 429. The number of guanidine groups is 1. The van der Waals surface area contributed by atoms with Crippen molar-refractivity contribution in [2.45, 2.75) is 26.3 Å². The van der Waals surface area contributed by atoms with Gasteiger partial charge in [0.25, 0.3) is 0 Å². The molecule has 0 saturated heterocycles. The van der Waals surface area contributed by atoms with Gasteiger partial charge in [0.1, 0.15) is 5.75 Å². The van der Waals surface area contributed by atoms with Gasteiger partial charge in [-0.2, -0.15) is 0 Å². The highest BCUT2D eigenvalue weighted by molar-refractivity contribution is 5.78. The van der Waals surface area contributed by atoms with Crippen molar-refractivity contribution in [1.82, 2.24) is 5.32 Å². The second-order valence-corrected chi connectivity index (χ2v) is 4.99. The molecule has 1 aliphatic rings. The Balaban J connectivity index is 2.05. The lowest BCUT2D eigenvalue weighted by Crippen LogP contribution is -2.37. The molecule has 3 N–H and O–H groups in total. The van der Waals surface area contributed by atoms with Gasteiger partial charge in [-0.15, -0.1) is 0 Å². The van der Waals surface area contributed by atoms with Gasteiger partial charge in [0.15, 0.2) is 5.96 Å². The molecular formula is C14H21N3O. The van der Waals surface area contributed by atoms with Crippen molar-refractivity contribution < 1.29 is 4.74 Å². The van der Waals surface area contributed by atoms with E-state index in [2.05, 4.69) is 30.2 Å². The highest BCUT2D eigenvalue weighted by Crippen LogP contribution is 2.31. The normalized spacial score (nSPS) is 19.3. The van der Waals surface area contributed by atoms with Crippen LogP contribution in [0, 0.1) is 5.92 Å². The van der Waals surface area contributed by atoms with E-state index < -0.39 is 0 Å². The topological polar surface area (TPSA) is 59.6 Å². The maximum absolute atomic E-state index is 5.91. The number of para-hydroxylation sites is 1. The van der Waals surface area contributed by atoms with Gasteiger partial charge in [-0.3, -0.25) is 4.99 Å². The minimum absolute atomic E-state index is 0.200. The highest BCUT2D eigenvalue weighted by Gasteiger charge is 2.21. The first-order valence-electron chi connectivity index (χ1n) is 6.45. The van der Waals surface area contributed by atoms with Crippen LogP contribution >= 0.6 is 0 Å². The van der Waals surface area contributed by atoms with Crippen LogP contribution < -0.4 is 15.8 Å². The number of ether oxygens (including phenoxy) is 1. The molecule has 2 rings (SSSR count). The van der Waals surface area contributed by atoms with Crippen LogP contribution in [0.4, 0.5) is 0 Å². The molecule has 0 spiro atoms. The van der Waals surface area contributed by atoms with E-state index in [0.717, 1.165) is 24.3 Å². The number of fused-ring (bicyclic) bond motifs is 1. The van der Waals surface area contributed by atoms with Crippen molar-refractivity contribution in [3.63, 3.8) is 0 Å². The molecule has 1 aliphatic heterocycles. The number of hydrogen-bond acceptors (Lipinski definition) is 2. The summed E-state index contributed by atoms with van der Waals surface area (Å²) in [7, 11) is 0. The predicted octanol–water partition coefficient (Wildman–Crippen LogP) is 2.07. The van der Waals surface area contributed by atoms with E-state index in [0.29, 0.717) is 18.5 Å². The van der Waals surface area contributed by atoms with Gasteiger partial charge in [0.05, 0.1) is 12.6 Å². The van der Waals surface area contributed by atoms with Crippen LogP contribution in [-0.2, 0) is 0 Å². The molecular weight excluding hydrogens is 226 g/mol. The summed E-state index contributed by atoms with van der Waals surface area (Å²) in [5.74, 6) is 1.98. The minimum atomic E-state index is 0.200. The maximum atomic E-state index is 5.91. The third-order valence-electron chi connectivity index (χ3n) is 2.91. The molecule has 1 aromatic rings. The summed E-state index contributed by atoms with van der Waals surface area (Å²) in [5.41, 5.74) is 7.07. The molecule has 4 heteroatoms. The first-order valence-corrected chi connectivity index (χ1v) is 6.45. The van der Waals surface area contributed by atoms with Crippen LogP contribution in [0.2, 0.25) is 0 Å². The summed E-state index contributed by atoms with van der Waals surface area (Å²) in [5, 5.41) is 3.28. The van der Waals surface area contributed by atoms with Crippen LogP contribution in [0.5, 0.6) is 5.75 Å². The summed E-state index contributed by atoms with van der Waals surface area (Å²) in [6, 6.07) is 8.26. The molecule has 0 fully saturated rings. The molecule has 1 heterocycles. The standard InChI is InChI=1S/C14H21N3O/c1-10(2)9-16-14(15)17-12-7-8-18-13-6-4-3-5-11(12)13/h3-6,10,12H,7-9H2,1-2H3,(H3,15,16,17). The van der Waals surface area contributed by atoms with Crippen LogP contribution in [0.3, 0.4) is 0 Å². The summed E-state index contributed by atoms with van der Waals surface area (Å²) in [6.45, 7) is 5.72. The van der Waals surface area contributed by atoms with E-state index in [-0.39, 0.29) is 6.04 Å². The lowest BCUT2D eigenvalue weighted by Gasteiger charge is -2.27. The molecule has 0 saturated carbocycles. The number of nitrogens with two attached hydrogens (primary N) is 1. The first kappa shape index (κ1) is 12.7. The van der Waals surface area contributed by atoms with Crippen LogP contribution in [0.15, 0.2) is 29.3 Å². The molecule has 0 radical (unpaired) electrons. The van der Waals surface area contributed by atoms with E-state index in [1.807, 2.05) is 18.2 Å². The fraction of sp³-hybridized carbons (Fsp3) is 0.500. The lowest BCUT2D eigenvalue weighted by molar-refractivity contribution is 0.262. The first-order chi connectivity index (χ1) is 8.66. The van der Waals surface area contributed by atoms with Gasteiger partial charge < -0.3 is 15.8 Å². The maximum Gasteiger partial charge on any atom is 0.189 e. The number of benzene rings is 1. The van der Waals surface area contributed by atoms with Crippen molar-refractivity contribution >= 4 is 5.96 Å². The number of nitrogens with zero attached hydrogens (tertiary/aromatic N) is 1. The Morgan fingerprint density at radius 1 is 1.50 bits per heavy atom. The summed E-state index contributed by atoms with van der Waals surface area (Å²) >= 11 is 0. The Labute approximate surface area is 108 Å². The average Bonchev–Trinajstić information content (AvgIpc) is 2.37. The summed E-state index contributed by atoms with van der Waals surface area (Å²) in [6.07, 6.45) is 0.912. The molecule has 4 nitrogen and oxygen atoms in total.